The summed E-state index contributed by atoms with van der Waals surface area (Å²) in [6.07, 6.45) is -0.129. The van der Waals surface area contributed by atoms with E-state index in [0.29, 0.717) is 0 Å². The van der Waals surface area contributed by atoms with Crippen molar-refractivity contribution in [1.29, 1.82) is 5.26 Å². The van der Waals surface area contributed by atoms with Crippen LogP contribution in [0.3, 0.4) is 0 Å². The fourth-order valence-corrected chi connectivity index (χ4v) is 1.49. The number of nitro benzene ring substituents is 1. The van der Waals surface area contributed by atoms with Crippen molar-refractivity contribution in [1.82, 2.24) is 0 Å². The summed E-state index contributed by atoms with van der Waals surface area (Å²) in [7, 11) is 0. The lowest BCUT2D eigenvalue weighted by atomic mass is 10.1. The molecule has 0 amide bonds. The third-order valence-corrected chi connectivity index (χ3v) is 2.27. The largest absolute Gasteiger partial charge is 0.293 e. The quantitative estimate of drug-likeness (QED) is 0.580. The number of nitriles is 1. The molecule has 14 heavy (non-hydrogen) atoms. The topological polar surface area (TPSA) is 66.9 Å². The van der Waals surface area contributed by atoms with Gasteiger partial charge < -0.3 is 0 Å². The molecule has 0 unspecified atom stereocenters. The maximum Gasteiger partial charge on any atom is 0.293 e. The predicted molar refractivity (Wildman–Crippen MR) is 52.4 cm³/mol. The molecule has 1 rings (SSSR count). The van der Waals surface area contributed by atoms with Crippen molar-refractivity contribution in [2.75, 3.05) is 0 Å². The fourth-order valence-electron chi connectivity index (χ4n) is 1.03. The van der Waals surface area contributed by atoms with E-state index < -0.39 is 4.92 Å². The van der Waals surface area contributed by atoms with E-state index in [2.05, 4.69) is 0 Å². The van der Waals surface area contributed by atoms with Crippen LogP contribution in [0, 0.1) is 21.4 Å². The maximum atomic E-state index is 10.6. The van der Waals surface area contributed by atoms with E-state index in [1.807, 2.05) is 0 Å². The Bertz CT molecular complexity index is 426. The Labute approximate surface area is 89.8 Å². The molecule has 0 atom stereocenters. The van der Waals surface area contributed by atoms with E-state index in [9.17, 15) is 10.1 Å². The first-order valence-electron chi connectivity index (χ1n) is 3.56. The van der Waals surface area contributed by atoms with Crippen molar-refractivity contribution in [3.8, 4) is 6.07 Å². The van der Waals surface area contributed by atoms with Gasteiger partial charge in [-0.15, -0.1) is 0 Å². The Morgan fingerprint density at radius 2 is 2.00 bits per heavy atom. The molecule has 0 aliphatic rings. The molecule has 0 saturated heterocycles. The van der Waals surface area contributed by atoms with Crippen molar-refractivity contribution >= 4 is 28.9 Å². The third-order valence-electron chi connectivity index (χ3n) is 1.61. The molecule has 1 aromatic rings. The van der Waals surface area contributed by atoms with E-state index in [0.717, 1.165) is 0 Å². The summed E-state index contributed by atoms with van der Waals surface area (Å²) in [6, 6.07) is 4.57. The lowest BCUT2D eigenvalue weighted by Gasteiger charge is -2.02. The predicted octanol–water partition coefficient (Wildman–Crippen LogP) is 2.97. The zero-order valence-electron chi connectivity index (χ0n) is 6.83. The monoisotopic (exact) mass is 230 g/mol. The second kappa shape index (κ2) is 4.27. The molecule has 6 heteroatoms. The van der Waals surface area contributed by atoms with Crippen LogP contribution in [-0.2, 0) is 6.42 Å². The van der Waals surface area contributed by atoms with Crippen LogP contribution in [0.5, 0.6) is 0 Å². The molecular formula is C8H4Cl2N2O2. The minimum absolute atomic E-state index is 0.00958. The van der Waals surface area contributed by atoms with Crippen LogP contribution in [0.25, 0.3) is 0 Å². The molecule has 0 spiro atoms. The Morgan fingerprint density at radius 3 is 2.50 bits per heavy atom. The van der Waals surface area contributed by atoms with Gasteiger partial charge in [-0.2, -0.15) is 5.26 Å². The number of benzene rings is 1. The lowest BCUT2D eigenvalue weighted by molar-refractivity contribution is -0.385. The smallest absolute Gasteiger partial charge is 0.258 e. The molecule has 0 aliphatic carbocycles. The summed E-state index contributed by atoms with van der Waals surface area (Å²) in [5, 5.41) is 19.3. The van der Waals surface area contributed by atoms with Gasteiger partial charge in [0.1, 0.15) is 5.02 Å². The number of nitro groups is 1. The van der Waals surface area contributed by atoms with Gasteiger partial charge in [0.05, 0.1) is 28.0 Å². The Morgan fingerprint density at radius 1 is 1.43 bits per heavy atom. The fraction of sp³-hybridized carbons (Fsp3) is 0.125. The summed E-state index contributed by atoms with van der Waals surface area (Å²) in [4.78, 5) is 9.98. The van der Waals surface area contributed by atoms with Crippen LogP contribution < -0.4 is 0 Å². The highest BCUT2D eigenvalue weighted by Gasteiger charge is 2.20. The highest BCUT2D eigenvalue weighted by Crippen LogP contribution is 2.33. The van der Waals surface area contributed by atoms with Crippen molar-refractivity contribution in [3.05, 3.63) is 37.9 Å². The van der Waals surface area contributed by atoms with E-state index >= 15 is 0 Å². The van der Waals surface area contributed by atoms with Crippen molar-refractivity contribution < 1.29 is 4.92 Å². The van der Waals surface area contributed by atoms with E-state index in [1.54, 1.807) is 6.07 Å². The minimum Gasteiger partial charge on any atom is -0.258 e. The minimum atomic E-state index is -0.638. The molecule has 0 radical (unpaired) electrons. The van der Waals surface area contributed by atoms with Gasteiger partial charge in [0.2, 0.25) is 0 Å². The van der Waals surface area contributed by atoms with Gasteiger partial charge in [0.25, 0.3) is 5.69 Å². The average Bonchev–Trinajstić information content (AvgIpc) is 2.11. The number of nitrogens with zero attached hydrogens (tertiary/aromatic N) is 2. The van der Waals surface area contributed by atoms with E-state index in [4.69, 9.17) is 28.5 Å². The van der Waals surface area contributed by atoms with Gasteiger partial charge in [0, 0.05) is 0 Å². The molecule has 0 fully saturated rings. The number of hydrogen-bond acceptors (Lipinski definition) is 3. The van der Waals surface area contributed by atoms with Crippen LogP contribution in [-0.4, -0.2) is 4.92 Å². The second-order valence-electron chi connectivity index (χ2n) is 2.45. The van der Waals surface area contributed by atoms with Crippen molar-refractivity contribution in [3.63, 3.8) is 0 Å². The Balaban J connectivity index is 3.43. The second-order valence-corrected chi connectivity index (χ2v) is 3.26. The van der Waals surface area contributed by atoms with E-state index in [-0.39, 0.29) is 27.7 Å². The molecule has 0 heterocycles. The molecule has 72 valence electrons. The van der Waals surface area contributed by atoms with Gasteiger partial charge in [-0.1, -0.05) is 23.2 Å². The molecular weight excluding hydrogens is 227 g/mol. The average molecular weight is 231 g/mol. The van der Waals surface area contributed by atoms with Gasteiger partial charge in [-0.3, -0.25) is 10.1 Å². The van der Waals surface area contributed by atoms with Crippen LogP contribution in [0.2, 0.25) is 10.0 Å². The SMILES string of the molecule is N#CCc1c(Cl)ccc(Cl)c1[N+](=O)[O-]. The standard InChI is InChI=1S/C8H4Cl2N2O2/c9-6-1-2-7(10)8(12(13)14)5(6)3-4-11/h1-2H,3H2. The zero-order chi connectivity index (χ0) is 10.7. The van der Waals surface area contributed by atoms with Crippen LogP contribution in [0.15, 0.2) is 12.1 Å². The normalized spacial score (nSPS) is 9.50. The van der Waals surface area contributed by atoms with Crippen molar-refractivity contribution in [2.45, 2.75) is 6.42 Å². The molecule has 0 bridgehead atoms. The Kier molecular flexibility index (Phi) is 3.28. The highest BCUT2D eigenvalue weighted by molar-refractivity contribution is 6.35. The highest BCUT2D eigenvalue weighted by atomic mass is 35.5. The summed E-state index contributed by atoms with van der Waals surface area (Å²) in [6.45, 7) is 0. The van der Waals surface area contributed by atoms with Crippen LogP contribution in [0.4, 0.5) is 5.69 Å². The number of hydrogen-bond donors (Lipinski definition) is 0. The summed E-state index contributed by atoms with van der Waals surface area (Å²) >= 11 is 11.3. The summed E-state index contributed by atoms with van der Waals surface area (Å²) < 4.78 is 0. The third kappa shape index (κ3) is 1.95. The lowest BCUT2D eigenvalue weighted by Crippen LogP contribution is -1.96. The number of rotatable bonds is 2. The molecule has 0 saturated carbocycles. The molecule has 1 aromatic carbocycles. The first-order valence-corrected chi connectivity index (χ1v) is 4.31. The van der Waals surface area contributed by atoms with Gasteiger partial charge in [-0.25, -0.2) is 0 Å². The first kappa shape index (κ1) is 10.8. The number of halogens is 2. The van der Waals surface area contributed by atoms with Crippen LogP contribution in [0.1, 0.15) is 5.56 Å². The molecule has 4 nitrogen and oxygen atoms in total. The summed E-state index contributed by atoms with van der Waals surface area (Å²) in [5.74, 6) is 0. The van der Waals surface area contributed by atoms with Gasteiger partial charge in [-0.05, 0) is 12.1 Å². The first-order chi connectivity index (χ1) is 6.57. The Hall–Kier alpha value is -1.31. The summed E-state index contributed by atoms with van der Waals surface area (Å²) in [5.41, 5.74) is -0.132. The molecule has 0 aliphatic heterocycles. The zero-order valence-corrected chi connectivity index (χ0v) is 8.34. The molecule has 0 N–H and O–H groups in total. The van der Waals surface area contributed by atoms with Crippen LogP contribution >= 0.6 is 23.2 Å². The van der Waals surface area contributed by atoms with E-state index in [1.165, 1.54) is 12.1 Å². The maximum absolute atomic E-state index is 10.6. The molecule has 0 aromatic heterocycles. The van der Waals surface area contributed by atoms with Crippen molar-refractivity contribution in [2.24, 2.45) is 0 Å². The van der Waals surface area contributed by atoms with Gasteiger partial charge in [0.15, 0.2) is 0 Å². The van der Waals surface area contributed by atoms with Gasteiger partial charge >= 0.3 is 0 Å².